The van der Waals surface area contributed by atoms with Crippen LogP contribution in [0.3, 0.4) is 0 Å². The molecule has 0 rings (SSSR count). The number of carbonyl (C=O) groups excluding carboxylic acids is 2. The van der Waals surface area contributed by atoms with Crippen molar-refractivity contribution in [3.63, 3.8) is 0 Å². The first-order valence-electron chi connectivity index (χ1n) is 10.1. The predicted octanol–water partition coefficient (Wildman–Crippen LogP) is 3.06. The van der Waals surface area contributed by atoms with Gasteiger partial charge in [-0.05, 0) is 31.2 Å². The Balaban J connectivity index is 4.31. The number of carboxylic acids is 1. The minimum Gasteiger partial charge on any atom is -0.548 e. The lowest BCUT2D eigenvalue weighted by Crippen LogP contribution is -2.48. The van der Waals surface area contributed by atoms with Crippen molar-refractivity contribution in [2.75, 3.05) is 13.2 Å². The van der Waals surface area contributed by atoms with Gasteiger partial charge >= 0.3 is 5.97 Å². The Morgan fingerprint density at radius 2 is 1.52 bits per heavy atom. The van der Waals surface area contributed by atoms with Crippen LogP contribution in [0.5, 0.6) is 0 Å². The van der Waals surface area contributed by atoms with Crippen LogP contribution in [0, 0.1) is 11.8 Å². The van der Waals surface area contributed by atoms with Crippen molar-refractivity contribution >= 4 is 11.9 Å². The maximum atomic E-state index is 12.0. The van der Waals surface area contributed by atoms with Gasteiger partial charge in [0.05, 0.1) is 25.0 Å². The van der Waals surface area contributed by atoms with Crippen LogP contribution >= 0.6 is 0 Å². The number of rotatable bonds is 16. The molecule has 0 spiro atoms. The molecule has 1 N–H and O–H groups in total. The highest BCUT2D eigenvalue weighted by molar-refractivity contribution is 5.80. The first-order valence-corrected chi connectivity index (χ1v) is 10.1. The van der Waals surface area contributed by atoms with E-state index in [9.17, 15) is 14.7 Å². The molecule has 0 aromatic carbocycles. The molecule has 0 saturated carbocycles. The summed E-state index contributed by atoms with van der Waals surface area (Å²) in [6.45, 7) is 9.44. The molecule has 5 heteroatoms. The third kappa shape index (κ3) is 12.0. The molecule has 3 atom stereocenters. The van der Waals surface area contributed by atoms with Crippen molar-refractivity contribution in [1.82, 2.24) is 5.32 Å². The zero-order chi connectivity index (χ0) is 19.1. The molecule has 25 heavy (non-hydrogen) atoms. The lowest BCUT2D eigenvalue weighted by Gasteiger charge is -2.23. The third-order valence-corrected chi connectivity index (χ3v) is 4.87. The van der Waals surface area contributed by atoms with Gasteiger partial charge in [0.2, 0.25) is 0 Å². The molecule has 0 fully saturated rings. The van der Waals surface area contributed by atoms with E-state index in [-0.39, 0.29) is 6.42 Å². The number of unbranched alkanes of at least 4 members (excludes halogenated alkanes) is 2. The molecule has 3 unspecified atom stereocenters. The average molecular weight is 357 g/mol. The Morgan fingerprint density at radius 1 is 0.960 bits per heavy atom. The highest BCUT2D eigenvalue weighted by atomic mass is 16.5. The number of hydrogen-bond donors (Lipinski definition) is 1. The van der Waals surface area contributed by atoms with Gasteiger partial charge in [-0.15, -0.1) is 0 Å². The molecule has 0 heterocycles. The number of hydrogen-bond acceptors (Lipinski definition) is 5. The largest absolute Gasteiger partial charge is 0.548 e. The summed E-state index contributed by atoms with van der Waals surface area (Å²) in [4.78, 5) is 23.3. The fraction of sp³-hybridized carbons (Fsp3) is 0.900. The molecular weight excluding hydrogens is 318 g/mol. The number of ether oxygens (including phenoxy) is 1. The number of aliphatic carboxylic acids is 1. The Labute approximate surface area is 153 Å². The normalized spacial score (nSPS) is 14.7. The number of carboxylic acid groups (broad SMARTS) is 1. The second-order valence-corrected chi connectivity index (χ2v) is 7.00. The molecule has 148 valence electrons. The highest BCUT2D eigenvalue weighted by Gasteiger charge is 2.18. The summed E-state index contributed by atoms with van der Waals surface area (Å²) in [6.07, 6.45) is 8.40. The van der Waals surface area contributed by atoms with E-state index >= 15 is 0 Å². The van der Waals surface area contributed by atoms with Crippen molar-refractivity contribution < 1.29 is 19.4 Å². The molecule has 0 bridgehead atoms. The molecule has 0 aliphatic rings. The zero-order valence-electron chi connectivity index (χ0n) is 16.6. The van der Waals surface area contributed by atoms with Gasteiger partial charge in [-0.1, -0.05) is 66.2 Å². The molecule has 5 nitrogen and oxygen atoms in total. The van der Waals surface area contributed by atoms with Crippen LogP contribution in [0.4, 0.5) is 0 Å². The van der Waals surface area contributed by atoms with E-state index in [1.165, 1.54) is 0 Å². The first kappa shape index (κ1) is 23.9. The maximum absolute atomic E-state index is 12.0. The lowest BCUT2D eigenvalue weighted by molar-refractivity contribution is -0.308. The Bertz CT molecular complexity index is 360. The van der Waals surface area contributed by atoms with Gasteiger partial charge in [0.1, 0.15) is 0 Å². The van der Waals surface area contributed by atoms with Crippen molar-refractivity contribution in [1.29, 1.82) is 0 Å². The number of nitrogens with one attached hydrogen (secondary N) is 1. The minimum absolute atomic E-state index is 0.170. The molecule has 0 aromatic heterocycles. The molecule has 0 aliphatic heterocycles. The van der Waals surface area contributed by atoms with Crippen LogP contribution in [0.2, 0.25) is 0 Å². The molecular formula is C20H38NO4-. The SMILES string of the molecule is CCCCC(CC)CNC(CC(=O)OCC(CC)CCCC)C(=O)[O-]. The fourth-order valence-corrected chi connectivity index (χ4v) is 2.83. The second kappa shape index (κ2) is 15.2. The first-order chi connectivity index (χ1) is 12.0. The second-order valence-electron chi connectivity index (χ2n) is 7.00. The minimum atomic E-state index is -1.24. The van der Waals surface area contributed by atoms with Crippen molar-refractivity contribution in [2.24, 2.45) is 11.8 Å². The molecule has 0 aliphatic carbocycles. The van der Waals surface area contributed by atoms with Gasteiger partial charge in [-0.3, -0.25) is 4.79 Å². The average Bonchev–Trinajstić information content (AvgIpc) is 2.60. The van der Waals surface area contributed by atoms with Gasteiger partial charge < -0.3 is 20.0 Å². The smallest absolute Gasteiger partial charge is 0.307 e. The molecule has 0 saturated heterocycles. The van der Waals surface area contributed by atoms with Gasteiger partial charge in [0, 0.05) is 0 Å². The van der Waals surface area contributed by atoms with E-state index in [1.54, 1.807) is 0 Å². The van der Waals surface area contributed by atoms with Crippen LogP contribution in [0.1, 0.15) is 85.5 Å². The summed E-state index contributed by atoms with van der Waals surface area (Å²) in [5.74, 6) is -0.910. The summed E-state index contributed by atoms with van der Waals surface area (Å²) >= 11 is 0. The van der Waals surface area contributed by atoms with E-state index in [0.29, 0.717) is 25.0 Å². The fourth-order valence-electron chi connectivity index (χ4n) is 2.83. The monoisotopic (exact) mass is 356 g/mol. The van der Waals surface area contributed by atoms with E-state index in [2.05, 4.69) is 33.0 Å². The third-order valence-electron chi connectivity index (χ3n) is 4.87. The zero-order valence-corrected chi connectivity index (χ0v) is 16.6. The topological polar surface area (TPSA) is 78.5 Å². The maximum Gasteiger partial charge on any atom is 0.307 e. The van der Waals surface area contributed by atoms with Gasteiger partial charge in [-0.2, -0.15) is 0 Å². The van der Waals surface area contributed by atoms with E-state index in [4.69, 9.17) is 4.74 Å². The highest BCUT2D eigenvalue weighted by Crippen LogP contribution is 2.14. The van der Waals surface area contributed by atoms with Crippen LogP contribution in [0.25, 0.3) is 0 Å². The van der Waals surface area contributed by atoms with Crippen LogP contribution < -0.4 is 10.4 Å². The number of carbonyl (C=O) groups is 2. The predicted molar refractivity (Wildman–Crippen MR) is 99.0 cm³/mol. The van der Waals surface area contributed by atoms with Crippen LogP contribution in [0.15, 0.2) is 0 Å². The standard InChI is InChI=1S/C20H39NO4/c1-5-9-11-16(7-3)14-21-18(20(23)24)13-19(22)25-15-17(8-4)12-10-6-2/h16-18,21H,5-15H2,1-4H3,(H,23,24)/p-1. The molecule has 0 aromatic rings. The Morgan fingerprint density at radius 3 is 2.00 bits per heavy atom. The summed E-state index contributed by atoms with van der Waals surface area (Å²) in [5, 5.41) is 14.3. The molecule has 0 amide bonds. The van der Waals surface area contributed by atoms with Crippen molar-refractivity contribution in [2.45, 2.75) is 91.5 Å². The number of esters is 1. The molecule has 0 radical (unpaired) electrons. The summed E-state index contributed by atoms with van der Waals surface area (Å²) in [6, 6.07) is -0.973. The van der Waals surface area contributed by atoms with E-state index in [1.807, 2.05) is 0 Å². The van der Waals surface area contributed by atoms with Crippen molar-refractivity contribution in [3.05, 3.63) is 0 Å². The van der Waals surface area contributed by atoms with E-state index < -0.39 is 18.0 Å². The summed E-state index contributed by atoms with van der Waals surface area (Å²) in [5.41, 5.74) is 0. The Kier molecular flexibility index (Phi) is 14.5. The van der Waals surface area contributed by atoms with Gasteiger partial charge in [0.15, 0.2) is 0 Å². The van der Waals surface area contributed by atoms with Gasteiger partial charge in [0.25, 0.3) is 0 Å². The van der Waals surface area contributed by atoms with Crippen LogP contribution in [-0.2, 0) is 14.3 Å². The quantitative estimate of drug-likeness (QED) is 0.430. The van der Waals surface area contributed by atoms with Gasteiger partial charge in [-0.25, -0.2) is 0 Å². The summed E-state index contributed by atoms with van der Waals surface area (Å²) < 4.78 is 5.30. The van der Waals surface area contributed by atoms with E-state index in [0.717, 1.165) is 51.4 Å². The Hall–Kier alpha value is -1.10. The van der Waals surface area contributed by atoms with Crippen molar-refractivity contribution in [3.8, 4) is 0 Å². The lowest BCUT2D eigenvalue weighted by atomic mass is 9.99. The summed E-state index contributed by atoms with van der Waals surface area (Å²) in [7, 11) is 0. The van der Waals surface area contributed by atoms with Crippen LogP contribution in [-0.4, -0.2) is 31.1 Å².